The lowest BCUT2D eigenvalue weighted by Gasteiger charge is -2.28. The van der Waals surface area contributed by atoms with Crippen LogP contribution in [0.4, 0.5) is 4.39 Å². The highest BCUT2D eigenvalue weighted by atomic mass is 19.1. The van der Waals surface area contributed by atoms with Gasteiger partial charge in [-0.25, -0.2) is 4.39 Å². The van der Waals surface area contributed by atoms with Gasteiger partial charge in [0, 0.05) is 30.3 Å². The summed E-state index contributed by atoms with van der Waals surface area (Å²) in [5, 5.41) is 9.70. The van der Waals surface area contributed by atoms with Gasteiger partial charge in [0.25, 0.3) is 5.56 Å². The standard InChI is InChI=1S/C23H25FN4O3/c1-15-13-19-21(23(29)28(15)8-4-7-27-9-11-30-12-10-27)20(17(14-25)22(26)31-19)16-5-2-3-6-18(16)24/h2-3,5-6,13,20H,4,7-12,26H2,1H3/p+1/t20-/m0/s1. The van der Waals surface area contributed by atoms with Gasteiger partial charge in [-0.15, -0.1) is 0 Å². The number of allylic oxidation sites excluding steroid dienone is 1. The zero-order valence-corrected chi connectivity index (χ0v) is 17.5. The molecule has 1 atom stereocenters. The van der Waals surface area contributed by atoms with Crippen LogP contribution in [0.3, 0.4) is 0 Å². The molecule has 0 radical (unpaired) electrons. The molecule has 0 amide bonds. The fourth-order valence-corrected chi connectivity index (χ4v) is 4.38. The van der Waals surface area contributed by atoms with Gasteiger partial charge in [-0.1, -0.05) is 18.2 Å². The van der Waals surface area contributed by atoms with Gasteiger partial charge in [-0.3, -0.25) is 4.79 Å². The highest BCUT2D eigenvalue weighted by Gasteiger charge is 2.35. The summed E-state index contributed by atoms with van der Waals surface area (Å²) in [6, 6.07) is 9.89. The van der Waals surface area contributed by atoms with E-state index in [0.29, 0.717) is 6.54 Å². The van der Waals surface area contributed by atoms with Gasteiger partial charge in [-0.05, 0) is 13.0 Å². The fourth-order valence-electron chi connectivity index (χ4n) is 4.38. The second-order valence-corrected chi connectivity index (χ2v) is 7.93. The summed E-state index contributed by atoms with van der Waals surface area (Å²) >= 11 is 0. The third-order valence-corrected chi connectivity index (χ3v) is 6.02. The number of morpholine rings is 1. The Morgan fingerprint density at radius 2 is 2.06 bits per heavy atom. The van der Waals surface area contributed by atoms with E-state index in [-0.39, 0.29) is 33.9 Å². The number of ether oxygens (including phenoxy) is 2. The van der Waals surface area contributed by atoms with E-state index in [2.05, 4.69) is 0 Å². The molecule has 162 valence electrons. The molecule has 1 fully saturated rings. The van der Waals surface area contributed by atoms with Crippen LogP contribution < -0.4 is 20.9 Å². The van der Waals surface area contributed by atoms with Crippen molar-refractivity contribution in [3.63, 3.8) is 0 Å². The maximum atomic E-state index is 14.7. The first-order valence-corrected chi connectivity index (χ1v) is 10.5. The minimum atomic E-state index is -0.904. The van der Waals surface area contributed by atoms with Crippen LogP contribution in [-0.4, -0.2) is 37.4 Å². The Morgan fingerprint density at radius 1 is 1.32 bits per heavy atom. The highest BCUT2D eigenvalue weighted by molar-refractivity contribution is 5.55. The molecular weight excluding hydrogens is 399 g/mol. The average Bonchev–Trinajstić information content (AvgIpc) is 2.76. The molecule has 1 saturated heterocycles. The first-order chi connectivity index (χ1) is 15.0. The number of rotatable bonds is 5. The van der Waals surface area contributed by atoms with Crippen LogP contribution in [-0.2, 0) is 11.3 Å². The third kappa shape index (κ3) is 4.07. The van der Waals surface area contributed by atoms with E-state index in [9.17, 15) is 14.4 Å². The van der Waals surface area contributed by atoms with Gasteiger partial charge in [-0.2, -0.15) is 5.26 Å². The summed E-state index contributed by atoms with van der Waals surface area (Å²) in [6.45, 7) is 6.78. The van der Waals surface area contributed by atoms with Crippen molar-refractivity contribution in [3.05, 3.63) is 74.8 Å². The summed E-state index contributed by atoms with van der Waals surface area (Å²) < 4.78 is 27.4. The lowest BCUT2D eigenvalue weighted by Crippen LogP contribution is -3.14. The van der Waals surface area contributed by atoms with Crippen molar-refractivity contribution >= 4 is 0 Å². The second-order valence-electron chi connectivity index (χ2n) is 7.93. The second kappa shape index (κ2) is 8.92. The van der Waals surface area contributed by atoms with Crippen LogP contribution in [0.25, 0.3) is 0 Å². The van der Waals surface area contributed by atoms with Gasteiger partial charge < -0.3 is 24.7 Å². The normalized spacial score (nSPS) is 18.9. The Morgan fingerprint density at radius 3 is 2.77 bits per heavy atom. The molecule has 31 heavy (non-hydrogen) atoms. The van der Waals surface area contributed by atoms with Gasteiger partial charge in [0.2, 0.25) is 5.88 Å². The van der Waals surface area contributed by atoms with Crippen molar-refractivity contribution in [3.8, 4) is 11.8 Å². The summed E-state index contributed by atoms with van der Waals surface area (Å²) in [6.07, 6.45) is 0.823. The summed E-state index contributed by atoms with van der Waals surface area (Å²) in [5.41, 5.74) is 6.96. The number of benzene rings is 1. The smallest absolute Gasteiger partial charge is 0.258 e. The Balaban J connectivity index is 1.72. The third-order valence-electron chi connectivity index (χ3n) is 6.02. The number of halogens is 1. The lowest BCUT2D eigenvalue weighted by molar-refractivity contribution is -0.908. The van der Waals surface area contributed by atoms with Gasteiger partial charge in [0.1, 0.15) is 36.3 Å². The highest BCUT2D eigenvalue weighted by Crippen LogP contribution is 2.41. The number of nitrogens with one attached hydrogen (secondary N) is 1. The first kappa shape index (κ1) is 21.1. The van der Waals surface area contributed by atoms with E-state index in [4.69, 9.17) is 15.2 Å². The first-order valence-electron chi connectivity index (χ1n) is 10.5. The number of hydrogen-bond acceptors (Lipinski definition) is 5. The Kier molecular flexibility index (Phi) is 6.07. The van der Waals surface area contributed by atoms with Gasteiger partial charge in [0.05, 0.1) is 31.2 Å². The number of nitriles is 1. The number of aromatic nitrogens is 1. The molecule has 4 rings (SSSR count). The van der Waals surface area contributed by atoms with Crippen molar-refractivity contribution in [2.24, 2.45) is 5.73 Å². The van der Waals surface area contributed by atoms with Crippen LogP contribution in [0.5, 0.6) is 5.75 Å². The van der Waals surface area contributed by atoms with E-state index in [0.717, 1.165) is 45.0 Å². The zero-order chi connectivity index (χ0) is 22.0. The number of hydrogen-bond donors (Lipinski definition) is 2. The maximum absolute atomic E-state index is 14.7. The van der Waals surface area contributed by atoms with E-state index >= 15 is 0 Å². The molecule has 1 aromatic carbocycles. The number of nitrogens with zero attached hydrogens (tertiary/aromatic N) is 2. The molecule has 8 heteroatoms. The molecule has 3 heterocycles. The molecule has 2 aromatic rings. The van der Waals surface area contributed by atoms with E-state index in [1.54, 1.807) is 28.8 Å². The Labute approximate surface area is 180 Å². The largest absolute Gasteiger partial charge is 0.440 e. The number of pyridine rings is 1. The molecule has 0 unspecified atom stereocenters. The van der Waals surface area contributed by atoms with E-state index in [1.165, 1.54) is 11.0 Å². The molecule has 2 aliphatic rings. The molecule has 0 aliphatic carbocycles. The number of nitrogens with two attached hydrogens (primary N) is 1. The molecule has 2 aliphatic heterocycles. The minimum Gasteiger partial charge on any atom is -0.440 e. The summed E-state index contributed by atoms with van der Waals surface area (Å²) in [4.78, 5) is 15.0. The van der Waals surface area contributed by atoms with E-state index in [1.807, 2.05) is 13.0 Å². The van der Waals surface area contributed by atoms with Gasteiger partial charge >= 0.3 is 0 Å². The topological polar surface area (TPSA) is 94.7 Å². The number of quaternary nitrogens is 1. The van der Waals surface area contributed by atoms with Crippen molar-refractivity contribution in [1.82, 2.24) is 4.57 Å². The fraction of sp³-hybridized carbons (Fsp3) is 0.391. The Bertz CT molecular complexity index is 1110. The number of fused-ring (bicyclic) bond motifs is 1. The average molecular weight is 425 g/mol. The molecule has 0 spiro atoms. The molecule has 7 nitrogen and oxygen atoms in total. The van der Waals surface area contributed by atoms with Gasteiger partial charge in [0.15, 0.2) is 0 Å². The molecular formula is C23H26FN4O3+. The molecule has 3 N–H and O–H groups in total. The van der Waals surface area contributed by atoms with Crippen LogP contribution in [0.15, 0.2) is 46.6 Å². The van der Waals surface area contributed by atoms with Crippen LogP contribution >= 0.6 is 0 Å². The van der Waals surface area contributed by atoms with Crippen LogP contribution in [0.1, 0.15) is 29.2 Å². The molecule has 1 aromatic heterocycles. The quantitative estimate of drug-likeness (QED) is 0.740. The van der Waals surface area contributed by atoms with Crippen molar-refractivity contribution in [2.75, 3.05) is 32.8 Å². The monoisotopic (exact) mass is 425 g/mol. The minimum absolute atomic E-state index is 0.0443. The Hall–Kier alpha value is -3.15. The van der Waals surface area contributed by atoms with Crippen molar-refractivity contribution in [2.45, 2.75) is 25.8 Å². The summed E-state index contributed by atoms with van der Waals surface area (Å²) in [5.74, 6) is -1.22. The maximum Gasteiger partial charge on any atom is 0.258 e. The predicted molar refractivity (Wildman–Crippen MR) is 112 cm³/mol. The lowest BCUT2D eigenvalue weighted by atomic mass is 9.83. The van der Waals surface area contributed by atoms with Crippen LogP contribution in [0, 0.1) is 24.1 Å². The van der Waals surface area contributed by atoms with Crippen LogP contribution in [0.2, 0.25) is 0 Å². The van der Waals surface area contributed by atoms with Crippen molar-refractivity contribution < 1.29 is 18.8 Å². The van der Waals surface area contributed by atoms with E-state index < -0.39 is 11.7 Å². The predicted octanol–water partition coefficient (Wildman–Crippen LogP) is 0.819. The molecule has 0 saturated carbocycles. The zero-order valence-electron chi connectivity index (χ0n) is 17.5. The van der Waals surface area contributed by atoms with Crippen molar-refractivity contribution in [1.29, 1.82) is 5.26 Å². The molecule has 0 bridgehead atoms. The SMILES string of the molecule is Cc1cc2c(c(=O)n1CCC[NH+]1CCOCC1)[C@@H](c1ccccc1F)C(C#N)=C(N)O2. The number of aryl methyl sites for hydroxylation is 1. The summed E-state index contributed by atoms with van der Waals surface area (Å²) in [7, 11) is 0.